The molecule has 0 amide bonds. The summed E-state index contributed by atoms with van der Waals surface area (Å²) < 4.78 is 35.7. The van der Waals surface area contributed by atoms with Gasteiger partial charge in [-0.3, -0.25) is 0 Å². The quantitative estimate of drug-likeness (QED) is 0.0977. The monoisotopic (exact) mass is 780 g/mol. The maximum Gasteiger partial charge on any atom is 0.117 e. The summed E-state index contributed by atoms with van der Waals surface area (Å²) in [7, 11) is 0. The highest BCUT2D eigenvalue weighted by Crippen LogP contribution is 2.40. The van der Waals surface area contributed by atoms with Gasteiger partial charge < -0.3 is 23.7 Å². The van der Waals surface area contributed by atoms with Crippen molar-refractivity contribution < 1.29 is 23.7 Å². The summed E-state index contributed by atoms with van der Waals surface area (Å²) >= 11 is 8.75. The van der Waals surface area contributed by atoms with E-state index in [1.54, 1.807) is 11.3 Å². The molecule has 0 N–H and O–H groups in total. The standard InChI is InChI=1S/C49H45ClO5S/c50-43-26-25-40(27-41(43)29-42-28-39-23-13-14-24-45(39)56-42)46-48(53-32-37-19-9-3-10-20-37)49(54-33-38-21-11-4-12-22-38)47(52-31-36-17-7-2-8-18-36)44(55-46)34-51-30-35-15-5-1-6-16-35/h1-28,44,46-49H,29-34H2/t44-,46+,47-,48+,49+/m1/s1. The average Bonchev–Trinajstić information content (AvgIpc) is 3.66. The molecule has 2 heterocycles. The first-order valence-electron chi connectivity index (χ1n) is 19.2. The second kappa shape index (κ2) is 19.0. The number of halogens is 1. The molecule has 7 aromatic rings. The van der Waals surface area contributed by atoms with E-state index in [1.165, 1.54) is 15.0 Å². The number of rotatable bonds is 16. The van der Waals surface area contributed by atoms with E-state index in [9.17, 15) is 0 Å². The van der Waals surface area contributed by atoms with Crippen LogP contribution in [0.3, 0.4) is 0 Å². The molecular formula is C49H45ClO5S. The highest BCUT2D eigenvalue weighted by Gasteiger charge is 2.49. The van der Waals surface area contributed by atoms with E-state index < -0.39 is 30.5 Å². The topological polar surface area (TPSA) is 46.2 Å². The Morgan fingerprint density at radius 3 is 1.62 bits per heavy atom. The molecule has 0 aliphatic carbocycles. The molecule has 1 aliphatic heterocycles. The Hall–Kier alpha value is -4.63. The molecule has 5 nitrogen and oxygen atoms in total. The van der Waals surface area contributed by atoms with Gasteiger partial charge >= 0.3 is 0 Å². The Morgan fingerprint density at radius 1 is 0.518 bits per heavy atom. The molecule has 5 atom stereocenters. The number of fused-ring (bicyclic) bond motifs is 1. The van der Waals surface area contributed by atoms with Gasteiger partial charge in [-0.25, -0.2) is 0 Å². The first-order valence-corrected chi connectivity index (χ1v) is 20.4. The largest absolute Gasteiger partial charge is 0.374 e. The smallest absolute Gasteiger partial charge is 0.117 e. The van der Waals surface area contributed by atoms with Crippen molar-refractivity contribution in [1.82, 2.24) is 0 Å². The lowest BCUT2D eigenvalue weighted by Gasteiger charge is -2.46. The number of thiophene rings is 1. The van der Waals surface area contributed by atoms with Crippen LogP contribution in [0.4, 0.5) is 0 Å². The van der Waals surface area contributed by atoms with Gasteiger partial charge in [0.15, 0.2) is 0 Å². The van der Waals surface area contributed by atoms with E-state index in [2.05, 4.69) is 91.0 Å². The lowest BCUT2D eigenvalue weighted by atomic mass is 9.89. The summed E-state index contributed by atoms with van der Waals surface area (Å²) in [5.41, 5.74) is 6.27. The van der Waals surface area contributed by atoms with E-state index in [0.717, 1.165) is 33.4 Å². The number of ether oxygens (including phenoxy) is 5. The van der Waals surface area contributed by atoms with Crippen LogP contribution in [0.15, 0.2) is 170 Å². The third-order valence-corrected chi connectivity index (χ3v) is 11.6. The molecule has 1 saturated heterocycles. The van der Waals surface area contributed by atoms with Crippen molar-refractivity contribution in [2.45, 2.75) is 63.4 Å². The third-order valence-electron chi connectivity index (χ3n) is 10.1. The van der Waals surface area contributed by atoms with Gasteiger partial charge in [-0.05, 0) is 57.0 Å². The molecule has 0 saturated carbocycles. The minimum atomic E-state index is -0.539. The molecule has 0 spiro atoms. The van der Waals surface area contributed by atoms with Crippen molar-refractivity contribution >= 4 is 33.0 Å². The van der Waals surface area contributed by atoms with Gasteiger partial charge in [0.2, 0.25) is 0 Å². The van der Waals surface area contributed by atoms with Crippen LogP contribution in [0, 0.1) is 0 Å². The number of benzene rings is 6. The molecule has 0 bridgehead atoms. The van der Waals surface area contributed by atoms with Crippen molar-refractivity contribution in [2.24, 2.45) is 0 Å². The predicted molar refractivity (Wildman–Crippen MR) is 225 cm³/mol. The molecule has 284 valence electrons. The highest BCUT2D eigenvalue weighted by atomic mass is 35.5. The third kappa shape index (κ3) is 9.84. The molecule has 8 rings (SSSR count). The van der Waals surface area contributed by atoms with Crippen molar-refractivity contribution in [1.29, 1.82) is 0 Å². The zero-order valence-corrected chi connectivity index (χ0v) is 32.7. The summed E-state index contributed by atoms with van der Waals surface area (Å²) in [5, 5.41) is 1.95. The average molecular weight is 781 g/mol. The first-order chi connectivity index (χ1) is 27.7. The van der Waals surface area contributed by atoms with Gasteiger partial charge in [0.1, 0.15) is 30.5 Å². The van der Waals surface area contributed by atoms with Gasteiger partial charge in [-0.2, -0.15) is 0 Å². The summed E-state index contributed by atoms with van der Waals surface area (Å²) in [6.07, 6.45) is -1.87. The maximum atomic E-state index is 7.19. The Bertz CT molecular complexity index is 2220. The van der Waals surface area contributed by atoms with Crippen LogP contribution in [0.2, 0.25) is 5.02 Å². The van der Waals surface area contributed by atoms with Crippen molar-refractivity contribution in [3.05, 3.63) is 213 Å². The zero-order chi connectivity index (χ0) is 37.9. The van der Waals surface area contributed by atoms with Gasteiger partial charge in [0.25, 0.3) is 0 Å². The lowest BCUT2D eigenvalue weighted by molar-refractivity contribution is -0.275. The summed E-state index contributed by atoms with van der Waals surface area (Å²) in [4.78, 5) is 1.25. The normalized spacial score (nSPS) is 19.6. The summed E-state index contributed by atoms with van der Waals surface area (Å²) in [5.74, 6) is 0. The number of hydrogen-bond acceptors (Lipinski definition) is 6. The number of hydrogen-bond donors (Lipinski definition) is 0. The van der Waals surface area contributed by atoms with Crippen LogP contribution < -0.4 is 0 Å². The van der Waals surface area contributed by atoms with Crippen molar-refractivity contribution in [3.63, 3.8) is 0 Å². The molecule has 6 aromatic carbocycles. The SMILES string of the molecule is Clc1ccc([C@@H]2O[C@H](COCc3ccccc3)[C@@H](OCc3ccccc3)[C@H](OCc3ccccc3)[C@H]2OCc2ccccc2)cc1Cc1cc2ccccc2s1. The Morgan fingerprint density at radius 2 is 1.04 bits per heavy atom. The molecule has 1 fully saturated rings. The fourth-order valence-electron chi connectivity index (χ4n) is 7.28. The second-order valence-electron chi connectivity index (χ2n) is 14.2. The molecule has 56 heavy (non-hydrogen) atoms. The lowest BCUT2D eigenvalue weighted by Crippen LogP contribution is -2.58. The van der Waals surface area contributed by atoms with Gasteiger partial charge in [-0.1, -0.05) is 163 Å². The van der Waals surface area contributed by atoms with Gasteiger partial charge in [0, 0.05) is 21.0 Å². The van der Waals surface area contributed by atoms with E-state index >= 15 is 0 Å². The summed E-state index contributed by atoms with van der Waals surface area (Å²) in [6.45, 7) is 1.87. The van der Waals surface area contributed by atoms with Crippen LogP contribution >= 0.6 is 22.9 Å². The molecule has 7 heteroatoms. The Labute approximate surface area is 338 Å². The molecule has 1 aliphatic rings. The van der Waals surface area contributed by atoms with E-state index in [0.29, 0.717) is 44.5 Å². The van der Waals surface area contributed by atoms with E-state index in [1.807, 2.05) is 78.9 Å². The van der Waals surface area contributed by atoms with Gasteiger partial charge in [-0.15, -0.1) is 11.3 Å². The van der Waals surface area contributed by atoms with Crippen LogP contribution in [-0.4, -0.2) is 31.0 Å². The minimum absolute atomic E-state index is 0.295. The second-order valence-corrected chi connectivity index (χ2v) is 15.7. The van der Waals surface area contributed by atoms with E-state index in [-0.39, 0.29) is 0 Å². The zero-order valence-electron chi connectivity index (χ0n) is 31.1. The first kappa shape index (κ1) is 38.3. The fourth-order valence-corrected chi connectivity index (χ4v) is 8.55. The molecule has 1 aromatic heterocycles. The molecule has 0 unspecified atom stereocenters. The van der Waals surface area contributed by atoms with E-state index in [4.69, 9.17) is 35.3 Å². The molecular weight excluding hydrogens is 736 g/mol. The Balaban J connectivity index is 1.16. The maximum absolute atomic E-state index is 7.19. The Kier molecular flexibility index (Phi) is 13.0. The van der Waals surface area contributed by atoms with Crippen LogP contribution in [0.1, 0.15) is 44.4 Å². The highest BCUT2D eigenvalue weighted by molar-refractivity contribution is 7.19. The van der Waals surface area contributed by atoms with Crippen molar-refractivity contribution in [3.8, 4) is 0 Å². The molecule has 0 radical (unpaired) electrons. The van der Waals surface area contributed by atoms with Gasteiger partial charge in [0.05, 0.1) is 33.0 Å². The van der Waals surface area contributed by atoms with Crippen LogP contribution in [0.5, 0.6) is 0 Å². The fraction of sp³-hybridized carbons (Fsp3) is 0.224. The van der Waals surface area contributed by atoms with Crippen molar-refractivity contribution in [2.75, 3.05) is 6.61 Å². The minimum Gasteiger partial charge on any atom is -0.374 e. The van der Waals surface area contributed by atoms with Crippen LogP contribution in [-0.2, 0) is 56.5 Å². The van der Waals surface area contributed by atoms with Crippen LogP contribution in [0.25, 0.3) is 10.1 Å². The predicted octanol–water partition coefficient (Wildman–Crippen LogP) is 11.6. The summed E-state index contributed by atoms with van der Waals surface area (Å²) in [6, 6.07) is 57.8.